The van der Waals surface area contributed by atoms with Gasteiger partial charge in [-0.2, -0.15) is 0 Å². The van der Waals surface area contributed by atoms with Crippen molar-refractivity contribution >= 4 is 39.9 Å². The third kappa shape index (κ3) is 3.51. The van der Waals surface area contributed by atoms with Gasteiger partial charge in [0.1, 0.15) is 12.4 Å². The average Bonchev–Trinajstić information content (AvgIpc) is 2.28. The number of benzene rings is 2. The second-order valence-corrected chi connectivity index (χ2v) is 5.21. The SMILES string of the molecule is Nc1ccc(OCc2cccc(Cl)c2)c(I)c1. The Balaban J connectivity index is 2.07. The van der Waals surface area contributed by atoms with Gasteiger partial charge in [-0.3, -0.25) is 0 Å². The molecule has 0 saturated heterocycles. The molecule has 17 heavy (non-hydrogen) atoms. The van der Waals surface area contributed by atoms with Crippen molar-refractivity contribution in [2.75, 3.05) is 5.73 Å². The minimum absolute atomic E-state index is 0.500. The highest BCUT2D eigenvalue weighted by atomic mass is 127. The second-order valence-electron chi connectivity index (χ2n) is 3.61. The van der Waals surface area contributed by atoms with Crippen LogP contribution in [0.15, 0.2) is 42.5 Å². The van der Waals surface area contributed by atoms with E-state index in [1.165, 1.54) is 0 Å². The predicted octanol–water partition coefficient (Wildman–Crippen LogP) is 4.11. The summed E-state index contributed by atoms with van der Waals surface area (Å²) in [5.41, 5.74) is 7.46. The molecular weight excluding hydrogens is 349 g/mol. The molecular formula is C13H11ClINO. The van der Waals surface area contributed by atoms with Crippen molar-refractivity contribution < 1.29 is 4.74 Å². The molecule has 2 N–H and O–H groups in total. The summed E-state index contributed by atoms with van der Waals surface area (Å²) < 4.78 is 6.72. The number of nitrogen functional groups attached to an aromatic ring is 1. The number of nitrogens with two attached hydrogens (primary N) is 1. The third-order valence-electron chi connectivity index (χ3n) is 2.24. The number of ether oxygens (including phenoxy) is 1. The summed E-state index contributed by atoms with van der Waals surface area (Å²) in [4.78, 5) is 0. The van der Waals surface area contributed by atoms with E-state index in [1.54, 1.807) is 0 Å². The van der Waals surface area contributed by atoms with Crippen molar-refractivity contribution in [3.8, 4) is 5.75 Å². The van der Waals surface area contributed by atoms with E-state index in [0.29, 0.717) is 6.61 Å². The number of rotatable bonds is 3. The van der Waals surface area contributed by atoms with Crippen LogP contribution in [0.1, 0.15) is 5.56 Å². The number of halogens is 2. The van der Waals surface area contributed by atoms with E-state index in [-0.39, 0.29) is 0 Å². The van der Waals surface area contributed by atoms with Gasteiger partial charge in [0, 0.05) is 10.7 Å². The Hall–Kier alpha value is -0.940. The molecule has 0 aliphatic carbocycles. The van der Waals surface area contributed by atoms with Gasteiger partial charge in [-0.25, -0.2) is 0 Å². The molecule has 88 valence electrons. The van der Waals surface area contributed by atoms with Gasteiger partial charge in [0.25, 0.3) is 0 Å². The molecule has 0 bridgehead atoms. The Kier molecular flexibility index (Phi) is 4.12. The lowest BCUT2D eigenvalue weighted by Gasteiger charge is -2.09. The minimum Gasteiger partial charge on any atom is -0.488 e. The fraction of sp³-hybridized carbons (Fsp3) is 0.0769. The molecule has 0 aliphatic heterocycles. The summed E-state index contributed by atoms with van der Waals surface area (Å²) in [6, 6.07) is 13.2. The highest BCUT2D eigenvalue weighted by Crippen LogP contribution is 2.24. The first-order chi connectivity index (χ1) is 8.15. The van der Waals surface area contributed by atoms with E-state index < -0.39 is 0 Å². The van der Waals surface area contributed by atoms with Gasteiger partial charge in [0.2, 0.25) is 0 Å². The van der Waals surface area contributed by atoms with Crippen LogP contribution in [0.3, 0.4) is 0 Å². The third-order valence-corrected chi connectivity index (χ3v) is 3.32. The Morgan fingerprint density at radius 1 is 1.18 bits per heavy atom. The van der Waals surface area contributed by atoms with Crippen LogP contribution in [0.25, 0.3) is 0 Å². The second kappa shape index (κ2) is 5.60. The van der Waals surface area contributed by atoms with Gasteiger partial charge in [0.05, 0.1) is 3.57 Å². The molecule has 2 aromatic rings. The predicted molar refractivity (Wildman–Crippen MR) is 79.4 cm³/mol. The molecule has 0 unspecified atom stereocenters. The lowest BCUT2D eigenvalue weighted by molar-refractivity contribution is 0.304. The van der Waals surface area contributed by atoms with Crippen molar-refractivity contribution in [2.45, 2.75) is 6.61 Å². The summed E-state index contributed by atoms with van der Waals surface area (Å²) in [5, 5.41) is 0.720. The van der Waals surface area contributed by atoms with E-state index >= 15 is 0 Å². The summed E-state index contributed by atoms with van der Waals surface area (Å²) in [6.07, 6.45) is 0. The smallest absolute Gasteiger partial charge is 0.133 e. The summed E-state index contributed by atoms with van der Waals surface area (Å²) in [6.45, 7) is 0.500. The number of hydrogen-bond acceptors (Lipinski definition) is 2. The Morgan fingerprint density at radius 2 is 2.00 bits per heavy atom. The normalized spacial score (nSPS) is 10.2. The standard InChI is InChI=1S/C13H11ClINO/c14-10-3-1-2-9(6-10)8-17-13-5-4-11(16)7-12(13)15/h1-7H,8,16H2. The van der Waals surface area contributed by atoms with Crippen LogP contribution in [0, 0.1) is 3.57 Å². The van der Waals surface area contributed by atoms with Gasteiger partial charge in [-0.1, -0.05) is 23.7 Å². The van der Waals surface area contributed by atoms with Crippen LogP contribution in [-0.2, 0) is 6.61 Å². The van der Waals surface area contributed by atoms with Crippen LogP contribution in [0.5, 0.6) is 5.75 Å². The quantitative estimate of drug-likeness (QED) is 0.661. The first-order valence-electron chi connectivity index (χ1n) is 5.07. The molecule has 0 heterocycles. The molecule has 0 aliphatic rings. The fourth-order valence-electron chi connectivity index (χ4n) is 1.42. The van der Waals surface area contributed by atoms with Gasteiger partial charge in [-0.05, 0) is 58.5 Å². The molecule has 0 amide bonds. The number of hydrogen-bond donors (Lipinski definition) is 1. The van der Waals surface area contributed by atoms with Crippen molar-refractivity contribution in [1.82, 2.24) is 0 Å². The molecule has 0 radical (unpaired) electrons. The van der Waals surface area contributed by atoms with Crippen LogP contribution in [0.4, 0.5) is 5.69 Å². The lowest BCUT2D eigenvalue weighted by atomic mass is 10.2. The molecule has 0 fully saturated rings. The first-order valence-corrected chi connectivity index (χ1v) is 6.53. The van der Waals surface area contributed by atoms with Gasteiger partial charge in [0.15, 0.2) is 0 Å². The molecule has 0 aromatic heterocycles. The van der Waals surface area contributed by atoms with Crippen molar-refractivity contribution in [1.29, 1.82) is 0 Å². The van der Waals surface area contributed by atoms with Crippen LogP contribution in [-0.4, -0.2) is 0 Å². The monoisotopic (exact) mass is 359 g/mol. The molecule has 2 aromatic carbocycles. The Morgan fingerprint density at radius 3 is 2.71 bits per heavy atom. The zero-order chi connectivity index (χ0) is 12.3. The maximum atomic E-state index is 5.91. The minimum atomic E-state index is 0.500. The van der Waals surface area contributed by atoms with Crippen molar-refractivity contribution in [3.05, 3.63) is 56.6 Å². The Bertz CT molecular complexity index is 531. The van der Waals surface area contributed by atoms with E-state index in [9.17, 15) is 0 Å². The van der Waals surface area contributed by atoms with Gasteiger partial charge >= 0.3 is 0 Å². The fourth-order valence-corrected chi connectivity index (χ4v) is 2.33. The molecule has 0 atom stereocenters. The molecule has 0 saturated carbocycles. The topological polar surface area (TPSA) is 35.2 Å². The molecule has 2 nitrogen and oxygen atoms in total. The highest BCUT2D eigenvalue weighted by Gasteiger charge is 2.02. The van der Waals surface area contributed by atoms with Crippen molar-refractivity contribution in [2.24, 2.45) is 0 Å². The van der Waals surface area contributed by atoms with Crippen LogP contribution >= 0.6 is 34.2 Å². The average molecular weight is 360 g/mol. The van der Waals surface area contributed by atoms with E-state index in [0.717, 1.165) is 25.6 Å². The maximum Gasteiger partial charge on any atom is 0.133 e. The van der Waals surface area contributed by atoms with Gasteiger partial charge < -0.3 is 10.5 Å². The lowest BCUT2D eigenvalue weighted by Crippen LogP contribution is -1.97. The largest absolute Gasteiger partial charge is 0.488 e. The van der Waals surface area contributed by atoms with Gasteiger partial charge in [-0.15, -0.1) is 0 Å². The van der Waals surface area contributed by atoms with E-state index in [4.69, 9.17) is 22.1 Å². The van der Waals surface area contributed by atoms with Crippen LogP contribution < -0.4 is 10.5 Å². The van der Waals surface area contributed by atoms with Crippen molar-refractivity contribution in [3.63, 3.8) is 0 Å². The highest BCUT2D eigenvalue weighted by molar-refractivity contribution is 14.1. The number of anilines is 1. The zero-order valence-electron chi connectivity index (χ0n) is 8.99. The summed E-state index contributed by atoms with van der Waals surface area (Å²) >= 11 is 8.11. The van der Waals surface area contributed by atoms with E-state index in [2.05, 4.69) is 22.6 Å². The molecule has 2 rings (SSSR count). The van der Waals surface area contributed by atoms with Crippen LogP contribution in [0.2, 0.25) is 5.02 Å². The Labute approximate surface area is 119 Å². The molecule has 4 heteroatoms. The first kappa shape index (κ1) is 12.5. The maximum absolute atomic E-state index is 5.91. The summed E-state index contributed by atoms with van der Waals surface area (Å²) in [7, 11) is 0. The van der Waals surface area contributed by atoms with E-state index in [1.807, 2.05) is 42.5 Å². The summed E-state index contributed by atoms with van der Waals surface area (Å²) in [5.74, 6) is 0.833. The molecule has 0 spiro atoms. The zero-order valence-corrected chi connectivity index (χ0v) is 11.9.